The highest BCUT2D eigenvalue weighted by Gasteiger charge is 2.21. The number of ketones is 1. The van der Waals surface area contributed by atoms with Crippen molar-refractivity contribution in [2.75, 3.05) is 27.9 Å². The number of carboxylic acid groups (broad SMARTS) is 1. The molecule has 3 aromatic rings. The van der Waals surface area contributed by atoms with Gasteiger partial charge in [-0.1, -0.05) is 77.2 Å². The number of methoxy groups -OCH3 is 2. The maximum Gasteiger partial charge on any atom is 0.343 e. The maximum absolute atomic E-state index is 12.2. The first kappa shape index (κ1) is 44.4. The number of ether oxygens (including phenoxy) is 3. The minimum Gasteiger partial charge on any atom is -0.494 e. The molecule has 3 N–H and O–H groups in total. The van der Waals surface area contributed by atoms with Gasteiger partial charge in [-0.15, -0.1) is 0 Å². The van der Waals surface area contributed by atoms with Crippen LogP contribution in [0.1, 0.15) is 31.8 Å². The van der Waals surface area contributed by atoms with Gasteiger partial charge in [-0.25, -0.2) is 9.59 Å². The van der Waals surface area contributed by atoms with E-state index in [2.05, 4.69) is 13.2 Å². The van der Waals surface area contributed by atoms with E-state index in [0.29, 0.717) is 0 Å². The van der Waals surface area contributed by atoms with Crippen LogP contribution in [0, 0.1) is 6.42 Å². The second-order valence-electron chi connectivity index (χ2n) is 10.6. The summed E-state index contributed by atoms with van der Waals surface area (Å²) in [7, 11) is 4.39. The summed E-state index contributed by atoms with van der Waals surface area (Å²) in [5.41, 5.74) is 4.49. The van der Waals surface area contributed by atoms with Crippen LogP contribution in [-0.4, -0.2) is 61.0 Å². The first-order valence-corrected chi connectivity index (χ1v) is 16.9. The van der Waals surface area contributed by atoms with Crippen molar-refractivity contribution in [3.05, 3.63) is 170 Å². The molecule has 2 aliphatic rings. The number of hydrogen-bond donors (Lipinski definition) is 3. The van der Waals surface area contributed by atoms with Gasteiger partial charge in [0.2, 0.25) is 0 Å². The van der Waals surface area contributed by atoms with Crippen LogP contribution >= 0.6 is 46.4 Å². The van der Waals surface area contributed by atoms with Crippen molar-refractivity contribution in [2.45, 2.75) is 13.2 Å². The molecule has 13 heteroatoms. The number of aliphatic hydroxyl groups is 2. The Hall–Kier alpha value is -4.74. The van der Waals surface area contributed by atoms with E-state index in [4.69, 9.17) is 80.4 Å². The number of allylic oxidation sites excluding steroid dienone is 8. The highest BCUT2D eigenvalue weighted by molar-refractivity contribution is 6.37. The summed E-state index contributed by atoms with van der Waals surface area (Å²) in [5, 5.41) is 27.2. The quantitative estimate of drug-likeness (QED) is 0.117. The average molecular weight is 805 g/mol. The molecule has 5 rings (SSSR count). The Morgan fingerprint density at radius 1 is 0.717 bits per heavy atom. The van der Waals surface area contributed by atoms with Gasteiger partial charge >= 0.3 is 17.7 Å². The van der Waals surface area contributed by atoms with E-state index < -0.39 is 11.9 Å². The van der Waals surface area contributed by atoms with E-state index in [1.54, 1.807) is 37.4 Å². The molecule has 278 valence electrons. The van der Waals surface area contributed by atoms with Crippen molar-refractivity contribution >= 4 is 64.1 Å². The second kappa shape index (κ2) is 23.0. The van der Waals surface area contributed by atoms with Crippen LogP contribution in [0.2, 0.25) is 20.1 Å². The molecular formula is C40H38Cl4O9+2. The summed E-state index contributed by atoms with van der Waals surface area (Å²) in [6, 6.07) is 13.0. The second-order valence-corrected chi connectivity index (χ2v) is 12.2. The number of aliphatic hydroxyl groups excluding tert-OH is 2. The fourth-order valence-corrected chi connectivity index (χ4v) is 5.01. The number of rotatable bonds is 8. The lowest BCUT2D eigenvalue weighted by molar-refractivity contribution is -0.417. The van der Waals surface area contributed by atoms with Gasteiger partial charge in [-0.2, -0.15) is 0 Å². The van der Waals surface area contributed by atoms with E-state index in [0.717, 1.165) is 33.6 Å². The minimum atomic E-state index is -1.16. The molecule has 53 heavy (non-hydrogen) atoms. The van der Waals surface area contributed by atoms with Crippen LogP contribution in [0.15, 0.2) is 121 Å². The SMILES string of the molecule is C=C1C=CC(=[O+]C)C=C1.C=C1C=CC(CO)=C[CH+]1.COc1c(Cl)ccc(Cl)c1C(=O)O.COc1c(Cl)ccc(Cl)c1C(=O)OCc1ccc(CO)cc1. The van der Waals surface area contributed by atoms with Gasteiger partial charge < -0.3 is 29.5 Å². The summed E-state index contributed by atoms with van der Waals surface area (Å²) in [6.45, 7) is 7.61. The Bertz CT molecular complexity index is 1910. The molecule has 0 aliphatic heterocycles. The summed E-state index contributed by atoms with van der Waals surface area (Å²) < 4.78 is 20.1. The molecule has 3 aromatic carbocycles. The van der Waals surface area contributed by atoms with Crippen LogP contribution < -0.4 is 9.47 Å². The Kier molecular flexibility index (Phi) is 19.3. The standard InChI is InChI=1S/C16H14Cl2O4.C8H6Cl2O3.2C8H9O/c1-21-15-13(18)7-6-12(17)14(15)16(20)22-9-11-4-2-10(8-19)3-5-11;1-13-7-5(10)3-2-4(9)6(7)8(11)12;1-7-3-5-8(9-2)6-4-7;1-7-2-4-8(6-9)5-3-7/h2-7,19H,8-9H2,1H3;2-3H,1H3,(H,11,12);3-6H,1H2,2H3;2-5,9H,1,6H2/q;;2*+1. The normalized spacial score (nSPS) is 12.4. The summed E-state index contributed by atoms with van der Waals surface area (Å²) >= 11 is 23.4. The predicted molar refractivity (Wildman–Crippen MR) is 211 cm³/mol. The largest absolute Gasteiger partial charge is 0.494 e. The Balaban J connectivity index is 0.000000266. The Labute approximate surface area is 328 Å². The molecule has 0 bridgehead atoms. The smallest absolute Gasteiger partial charge is 0.343 e. The van der Waals surface area contributed by atoms with Gasteiger partial charge in [0.25, 0.3) is 7.11 Å². The lowest BCUT2D eigenvalue weighted by Gasteiger charge is -2.12. The van der Waals surface area contributed by atoms with Gasteiger partial charge in [0, 0.05) is 36.8 Å². The lowest BCUT2D eigenvalue weighted by atomic mass is 10.0. The zero-order valence-electron chi connectivity index (χ0n) is 29.1. The minimum absolute atomic E-state index is 0.0324. The molecule has 0 spiro atoms. The number of carboxylic acids is 1. The molecule has 0 atom stereocenters. The fraction of sp³-hybridized carbons (Fsp3) is 0.150. The molecule has 2 aliphatic carbocycles. The van der Waals surface area contributed by atoms with Crippen LogP contribution in [0.3, 0.4) is 0 Å². The number of benzene rings is 3. The molecule has 0 unspecified atom stereocenters. The van der Waals surface area contributed by atoms with E-state index in [1.807, 2.05) is 49.0 Å². The van der Waals surface area contributed by atoms with E-state index in [9.17, 15) is 9.59 Å². The third kappa shape index (κ3) is 14.3. The molecule has 9 nitrogen and oxygen atoms in total. The topological polar surface area (TPSA) is 134 Å². The summed E-state index contributed by atoms with van der Waals surface area (Å²) in [6.07, 6.45) is 15.1. The van der Waals surface area contributed by atoms with Gasteiger partial charge in [-0.3, -0.25) is 4.42 Å². The van der Waals surface area contributed by atoms with Crippen molar-refractivity contribution in [1.29, 1.82) is 0 Å². The zero-order valence-corrected chi connectivity index (χ0v) is 32.1. The highest BCUT2D eigenvalue weighted by atomic mass is 35.5. The van der Waals surface area contributed by atoms with Gasteiger partial charge in [0.05, 0.1) is 52.1 Å². The zero-order chi connectivity index (χ0) is 39.5. The number of esters is 1. The van der Waals surface area contributed by atoms with Crippen LogP contribution in [0.5, 0.6) is 11.5 Å². The Morgan fingerprint density at radius 2 is 1.23 bits per heavy atom. The van der Waals surface area contributed by atoms with Crippen molar-refractivity contribution in [3.8, 4) is 11.5 Å². The summed E-state index contributed by atoms with van der Waals surface area (Å²) in [4.78, 5) is 22.9. The van der Waals surface area contributed by atoms with Crippen molar-refractivity contribution < 1.29 is 43.5 Å². The van der Waals surface area contributed by atoms with Crippen LogP contribution in [-0.2, 0) is 22.4 Å². The number of hydrogen-bond acceptors (Lipinski definition) is 7. The molecule has 0 radical (unpaired) electrons. The third-order valence-electron chi connectivity index (χ3n) is 6.88. The van der Waals surface area contributed by atoms with E-state index in [-0.39, 0.29) is 62.5 Å². The Morgan fingerprint density at radius 3 is 1.66 bits per heavy atom. The third-order valence-corrected chi connectivity index (χ3v) is 8.11. The lowest BCUT2D eigenvalue weighted by Crippen LogP contribution is -2.08. The van der Waals surface area contributed by atoms with Crippen molar-refractivity contribution in [2.24, 2.45) is 0 Å². The predicted octanol–water partition coefficient (Wildman–Crippen LogP) is 9.19. The molecule has 0 heterocycles. The first-order chi connectivity index (χ1) is 25.3. The van der Waals surface area contributed by atoms with Crippen molar-refractivity contribution in [3.63, 3.8) is 0 Å². The molecule has 0 aromatic heterocycles. The number of aromatic carboxylic acids is 1. The molecule has 0 fully saturated rings. The molecule has 0 amide bonds. The number of carbonyl (C=O) groups excluding carboxylic acids is 2. The number of carbonyl (C=O) groups is 2. The highest BCUT2D eigenvalue weighted by Crippen LogP contribution is 2.35. The van der Waals surface area contributed by atoms with Crippen LogP contribution in [0.25, 0.3) is 0 Å². The van der Waals surface area contributed by atoms with Gasteiger partial charge in [0.1, 0.15) is 24.3 Å². The van der Waals surface area contributed by atoms with Crippen molar-refractivity contribution in [1.82, 2.24) is 0 Å². The monoisotopic (exact) mass is 802 g/mol. The van der Waals surface area contributed by atoms with E-state index >= 15 is 0 Å². The molecular weight excluding hydrogens is 766 g/mol. The number of halogens is 4. The average Bonchev–Trinajstić information content (AvgIpc) is 3.16. The fourth-order valence-electron chi connectivity index (χ4n) is 4.09. The van der Waals surface area contributed by atoms with Crippen LogP contribution in [0.4, 0.5) is 0 Å². The van der Waals surface area contributed by atoms with Gasteiger partial charge in [-0.05, 0) is 59.7 Å². The molecule has 0 saturated heterocycles. The summed E-state index contributed by atoms with van der Waals surface area (Å²) in [5.74, 6) is -0.626. The van der Waals surface area contributed by atoms with Gasteiger partial charge in [0.15, 0.2) is 11.5 Å². The van der Waals surface area contributed by atoms with E-state index in [1.165, 1.54) is 32.4 Å². The molecule has 0 saturated carbocycles. The maximum atomic E-state index is 12.2. The first-order valence-electron chi connectivity index (χ1n) is 15.4.